The summed E-state index contributed by atoms with van der Waals surface area (Å²) in [4.78, 5) is 11.5. The third-order valence-corrected chi connectivity index (χ3v) is 4.29. The molecule has 0 aliphatic carbocycles. The van der Waals surface area contributed by atoms with Crippen molar-refractivity contribution in [3.8, 4) is 0 Å². The van der Waals surface area contributed by atoms with E-state index in [0.29, 0.717) is 24.9 Å². The Bertz CT molecular complexity index is 204. The van der Waals surface area contributed by atoms with Crippen LogP contribution in [0.1, 0.15) is 53.4 Å². The summed E-state index contributed by atoms with van der Waals surface area (Å²) in [5.74, 6) is 1.66. The lowest BCUT2D eigenvalue weighted by atomic mass is 9.97. The van der Waals surface area contributed by atoms with E-state index in [0.717, 1.165) is 16.8 Å². The fourth-order valence-corrected chi connectivity index (χ4v) is 1.85. The molecule has 0 aromatic carbocycles. The van der Waals surface area contributed by atoms with Gasteiger partial charge < -0.3 is 4.74 Å². The molecular formula is C14H27IO2. The molecule has 0 saturated heterocycles. The van der Waals surface area contributed by atoms with Crippen LogP contribution in [0.25, 0.3) is 0 Å². The van der Waals surface area contributed by atoms with Gasteiger partial charge in [-0.1, -0.05) is 69.5 Å². The van der Waals surface area contributed by atoms with Crippen molar-refractivity contribution in [2.24, 2.45) is 17.8 Å². The first-order valence-corrected chi connectivity index (χ1v) is 8.19. The van der Waals surface area contributed by atoms with Crippen LogP contribution < -0.4 is 0 Å². The molecule has 0 fully saturated rings. The number of carbonyl (C=O) groups excluding carboxylic acids is 1. The largest absolute Gasteiger partial charge is 0.465 e. The highest BCUT2D eigenvalue weighted by molar-refractivity contribution is 14.1. The lowest BCUT2D eigenvalue weighted by molar-refractivity contribution is -0.145. The second kappa shape index (κ2) is 10.2. The summed E-state index contributed by atoms with van der Waals surface area (Å²) in [5.41, 5.74) is 0. The number of rotatable bonds is 9. The zero-order valence-corrected chi connectivity index (χ0v) is 13.8. The maximum absolute atomic E-state index is 11.5. The number of alkyl halides is 1. The van der Waals surface area contributed by atoms with E-state index in [1.807, 2.05) is 0 Å². The van der Waals surface area contributed by atoms with Gasteiger partial charge in [0.2, 0.25) is 0 Å². The van der Waals surface area contributed by atoms with E-state index in [-0.39, 0.29) is 5.97 Å². The lowest BCUT2D eigenvalue weighted by Gasteiger charge is -2.13. The molecule has 102 valence electrons. The molecule has 0 heterocycles. The van der Waals surface area contributed by atoms with Crippen molar-refractivity contribution < 1.29 is 9.53 Å². The number of hydrogen-bond acceptors (Lipinski definition) is 2. The van der Waals surface area contributed by atoms with Gasteiger partial charge in [-0.05, 0) is 17.8 Å². The van der Waals surface area contributed by atoms with Gasteiger partial charge in [0.1, 0.15) is 0 Å². The molecule has 0 spiro atoms. The fraction of sp³-hybridized carbons (Fsp3) is 0.929. The van der Waals surface area contributed by atoms with E-state index < -0.39 is 0 Å². The second-order valence-corrected chi connectivity index (χ2v) is 6.46. The van der Waals surface area contributed by atoms with Crippen LogP contribution in [-0.2, 0) is 9.53 Å². The van der Waals surface area contributed by atoms with Gasteiger partial charge in [0, 0.05) is 10.8 Å². The van der Waals surface area contributed by atoms with Crippen molar-refractivity contribution in [2.75, 3.05) is 11.0 Å². The Morgan fingerprint density at radius 1 is 1.12 bits per heavy atom. The third-order valence-electron chi connectivity index (χ3n) is 2.79. The first-order chi connectivity index (χ1) is 7.95. The van der Waals surface area contributed by atoms with E-state index in [1.165, 1.54) is 12.8 Å². The van der Waals surface area contributed by atoms with Crippen LogP contribution >= 0.6 is 22.6 Å². The monoisotopic (exact) mass is 354 g/mol. The SMILES string of the molecule is CC(C)CCC[C@H](C)CC(=O)OC[C@@H](C)CI. The molecule has 0 aromatic rings. The van der Waals surface area contributed by atoms with Gasteiger partial charge in [-0.2, -0.15) is 0 Å². The van der Waals surface area contributed by atoms with Crippen LogP contribution in [0.15, 0.2) is 0 Å². The minimum atomic E-state index is -0.0289. The molecule has 0 aliphatic heterocycles. The number of halogens is 1. The molecule has 0 rings (SSSR count). The van der Waals surface area contributed by atoms with E-state index >= 15 is 0 Å². The maximum atomic E-state index is 11.5. The minimum absolute atomic E-state index is 0.0289. The molecule has 0 bridgehead atoms. The quantitative estimate of drug-likeness (QED) is 0.347. The van der Waals surface area contributed by atoms with Crippen molar-refractivity contribution in [3.05, 3.63) is 0 Å². The van der Waals surface area contributed by atoms with Gasteiger partial charge in [0.05, 0.1) is 6.61 Å². The van der Waals surface area contributed by atoms with Gasteiger partial charge in [0.15, 0.2) is 0 Å². The third kappa shape index (κ3) is 11.0. The smallest absolute Gasteiger partial charge is 0.306 e. The molecule has 3 heteroatoms. The predicted molar refractivity (Wildman–Crippen MR) is 81.5 cm³/mol. The van der Waals surface area contributed by atoms with Crippen molar-refractivity contribution in [2.45, 2.75) is 53.4 Å². The fourth-order valence-electron chi connectivity index (χ4n) is 1.60. The average Bonchev–Trinajstić information content (AvgIpc) is 2.25. The highest BCUT2D eigenvalue weighted by Crippen LogP contribution is 2.16. The highest BCUT2D eigenvalue weighted by atomic mass is 127. The predicted octanol–water partition coefficient (Wildman–Crippen LogP) is 4.45. The molecule has 17 heavy (non-hydrogen) atoms. The first-order valence-electron chi connectivity index (χ1n) is 6.67. The maximum Gasteiger partial charge on any atom is 0.306 e. The molecular weight excluding hydrogens is 327 g/mol. The molecule has 2 atom stereocenters. The van der Waals surface area contributed by atoms with Gasteiger partial charge in [-0.25, -0.2) is 0 Å². The van der Waals surface area contributed by atoms with Crippen LogP contribution in [0.3, 0.4) is 0 Å². The summed E-state index contributed by atoms with van der Waals surface area (Å²) in [6.45, 7) is 9.30. The number of ether oxygens (including phenoxy) is 1. The van der Waals surface area contributed by atoms with Gasteiger partial charge in [0.25, 0.3) is 0 Å². The molecule has 0 radical (unpaired) electrons. The Labute approximate surface area is 120 Å². The van der Waals surface area contributed by atoms with E-state index in [9.17, 15) is 4.79 Å². The molecule has 0 aromatic heterocycles. The summed E-state index contributed by atoms with van der Waals surface area (Å²) >= 11 is 2.32. The Kier molecular flexibility index (Phi) is 10.3. The highest BCUT2D eigenvalue weighted by Gasteiger charge is 2.11. The molecule has 0 unspecified atom stereocenters. The summed E-state index contributed by atoms with van der Waals surface area (Å²) in [7, 11) is 0. The van der Waals surface area contributed by atoms with Crippen LogP contribution in [0.5, 0.6) is 0 Å². The van der Waals surface area contributed by atoms with E-state index in [1.54, 1.807) is 0 Å². The van der Waals surface area contributed by atoms with E-state index in [4.69, 9.17) is 4.74 Å². The zero-order chi connectivity index (χ0) is 13.3. The molecule has 0 N–H and O–H groups in total. The standard InChI is InChI=1S/C14H27IO2/c1-11(2)6-5-7-12(3)8-14(16)17-10-13(4)9-15/h11-13H,5-10H2,1-4H3/t12-,13-/m0/s1. The van der Waals surface area contributed by atoms with Crippen molar-refractivity contribution in [1.82, 2.24) is 0 Å². The van der Waals surface area contributed by atoms with Crippen LogP contribution in [0.4, 0.5) is 0 Å². The van der Waals surface area contributed by atoms with Crippen molar-refractivity contribution >= 4 is 28.6 Å². The topological polar surface area (TPSA) is 26.3 Å². The lowest BCUT2D eigenvalue weighted by Crippen LogP contribution is -2.15. The Morgan fingerprint density at radius 3 is 2.29 bits per heavy atom. The Morgan fingerprint density at radius 2 is 1.76 bits per heavy atom. The van der Waals surface area contributed by atoms with Crippen LogP contribution in [-0.4, -0.2) is 17.0 Å². The van der Waals surface area contributed by atoms with Gasteiger partial charge in [-0.3, -0.25) is 4.79 Å². The minimum Gasteiger partial charge on any atom is -0.465 e. The van der Waals surface area contributed by atoms with Gasteiger partial charge >= 0.3 is 5.97 Å². The average molecular weight is 354 g/mol. The first kappa shape index (κ1) is 17.2. The van der Waals surface area contributed by atoms with E-state index in [2.05, 4.69) is 50.3 Å². The molecule has 2 nitrogen and oxygen atoms in total. The van der Waals surface area contributed by atoms with Crippen molar-refractivity contribution in [1.29, 1.82) is 0 Å². The summed E-state index contributed by atoms with van der Waals surface area (Å²) in [6, 6.07) is 0. The molecule has 0 aliphatic rings. The number of hydrogen-bond donors (Lipinski definition) is 0. The zero-order valence-electron chi connectivity index (χ0n) is 11.7. The number of carbonyl (C=O) groups is 1. The molecule has 0 amide bonds. The molecule has 0 saturated carbocycles. The Hall–Kier alpha value is 0.200. The summed E-state index contributed by atoms with van der Waals surface area (Å²) in [5, 5.41) is 0. The second-order valence-electron chi connectivity index (χ2n) is 5.58. The van der Waals surface area contributed by atoms with Gasteiger partial charge in [-0.15, -0.1) is 0 Å². The summed E-state index contributed by atoms with van der Waals surface area (Å²) in [6.07, 6.45) is 4.18. The number of esters is 1. The van der Waals surface area contributed by atoms with Crippen molar-refractivity contribution in [3.63, 3.8) is 0 Å². The van der Waals surface area contributed by atoms with Crippen LogP contribution in [0, 0.1) is 17.8 Å². The Balaban J connectivity index is 3.58. The summed E-state index contributed by atoms with van der Waals surface area (Å²) < 4.78 is 6.29. The van der Waals surface area contributed by atoms with Crippen LogP contribution in [0.2, 0.25) is 0 Å². The normalized spacial score (nSPS) is 14.7.